The van der Waals surface area contributed by atoms with Gasteiger partial charge in [0.25, 0.3) is 5.56 Å². The summed E-state index contributed by atoms with van der Waals surface area (Å²) in [6.07, 6.45) is 0.725. The minimum Gasteiger partial charge on any atom is -0.462 e. The molecule has 0 aliphatic carbocycles. The van der Waals surface area contributed by atoms with Crippen LogP contribution in [0.3, 0.4) is 0 Å². The first-order valence-electron chi connectivity index (χ1n) is 6.40. The van der Waals surface area contributed by atoms with Crippen LogP contribution in [-0.2, 0) is 16.0 Å². The first-order chi connectivity index (χ1) is 9.02. The fourth-order valence-corrected chi connectivity index (χ4v) is 2.08. The zero-order valence-electron chi connectivity index (χ0n) is 12.0. The van der Waals surface area contributed by atoms with Crippen molar-refractivity contribution in [2.45, 2.75) is 33.7 Å². The van der Waals surface area contributed by atoms with E-state index in [0.717, 1.165) is 6.42 Å². The Hall–Kier alpha value is -1.62. The van der Waals surface area contributed by atoms with Crippen molar-refractivity contribution in [1.82, 2.24) is 4.57 Å². The molecular weight excluding hydrogens is 246 g/mol. The molecule has 106 valence electrons. The number of hydrogen-bond donors (Lipinski definition) is 0. The van der Waals surface area contributed by atoms with Gasteiger partial charge >= 0.3 is 5.97 Å². The SMILES string of the molecule is CCOC(=O)c1c(C)cc(=O)n(CCCOC)c1C. The van der Waals surface area contributed by atoms with Crippen molar-refractivity contribution >= 4 is 5.97 Å². The van der Waals surface area contributed by atoms with E-state index < -0.39 is 0 Å². The molecule has 0 bridgehead atoms. The molecule has 0 radical (unpaired) electrons. The molecule has 1 heterocycles. The van der Waals surface area contributed by atoms with Gasteiger partial charge in [-0.3, -0.25) is 4.79 Å². The summed E-state index contributed by atoms with van der Waals surface area (Å²) in [6, 6.07) is 1.48. The molecule has 0 amide bonds. The summed E-state index contributed by atoms with van der Waals surface area (Å²) in [5.41, 5.74) is 1.70. The van der Waals surface area contributed by atoms with Gasteiger partial charge in [-0.15, -0.1) is 0 Å². The molecule has 0 atom stereocenters. The molecule has 0 aliphatic rings. The lowest BCUT2D eigenvalue weighted by Gasteiger charge is -2.15. The number of aromatic nitrogens is 1. The molecule has 0 aliphatic heterocycles. The summed E-state index contributed by atoms with van der Waals surface area (Å²) in [7, 11) is 1.62. The number of aryl methyl sites for hydroxylation is 1. The second kappa shape index (κ2) is 7.09. The van der Waals surface area contributed by atoms with Crippen LogP contribution in [0.15, 0.2) is 10.9 Å². The van der Waals surface area contributed by atoms with Gasteiger partial charge in [-0.25, -0.2) is 4.79 Å². The second-order valence-corrected chi connectivity index (χ2v) is 4.34. The summed E-state index contributed by atoms with van der Waals surface area (Å²) < 4.78 is 11.6. The Labute approximate surface area is 113 Å². The molecule has 5 heteroatoms. The lowest BCUT2D eigenvalue weighted by Crippen LogP contribution is -2.26. The molecule has 1 aromatic rings. The molecule has 0 fully saturated rings. The Morgan fingerprint density at radius 3 is 2.63 bits per heavy atom. The van der Waals surface area contributed by atoms with Crippen molar-refractivity contribution in [1.29, 1.82) is 0 Å². The van der Waals surface area contributed by atoms with E-state index in [9.17, 15) is 9.59 Å². The van der Waals surface area contributed by atoms with Crippen molar-refractivity contribution in [3.05, 3.63) is 33.2 Å². The number of carbonyl (C=O) groups excluding carboxylic acids is 1. The zero-order chi connectivity index (χ0) is 14.4. The van der Waals surface area contributed by atoms with E-state index in [1.807, 2.05) is 0 Å². The van der Waals surface area contributed by atoms with Crippen LogP contribution in [0, 0.1) is 13.8 Å². The van der Waals surface area contributed by atoms with Gasteiger partial charge in [0.15, 0.2) is 0 Å². The highest BCUT2D eigenvalue weighted by Gasteiger charge is 2.17. The highest BCUT2D eigenvalue weighted by atomic mass is 16.5. The fraction of sp³-hybridized carbons (Fsp3) is 0.571. The van der Waals surface area contributed by atoms with E-state index in [4.69, 9.17) is 9.47 Å². The monoisotopic (exact) mass is 267 g/mol. The van der Waals surface area contributed by atoms with E-state index in [1.54, 1.807) is 32.4 Å². The maximum Gasteiger partial charge on any atom is 0.340 e. The fourth-order valence-electron chi connectivity index (χ4n) is 2.08. The number of methoxy groups -OCH3 is 1. The maximum atomic E-state index is 12.0. The van der Waals surface area contributed by atoms with Crippen LogP contribution in [0.25, 0.3) is 0 Å². The summed E-state index contributed by atoms with van der Waals surface area (Å²) in [5.74, 6) is -0.377. The van der Waals surface area contributed by atoms with Gasteiger partial charge in [0.2, 0.25) is 0 Å². The number of hydrogen-bond acceptors (Lipinski definition) is 4. The van der Waals surface area contributed by atoms with Crippen molar-refractivity contribution < 1.29 is 14.3 Å². The van der Waals surface area contributed by atoms with Gasteiger partial charge in [0, 0.05) is 32.0 Å². The van der Waals surface area contributed by atoms with Gasteiger partial charge in [-0.1, -0.05) is 0 Å². The third-order valence-electron chi connectivity index (χ3n) is 2.98. The molecule has 0 unspecified atom stereocenters. The predicted molar refractivity (Wildman–Crippen MR) is 72.6 cm³/mol. The Bertz CT molecular complexity index is 505. The number of rotatable bonds is 6. The lowest BCUT2D eigenvalue weighted by atomic mass is 10.1. The van der Waals surface area contributed by atoms with Crippen LogP contribution in [-0.4, -0.2) is 30.9 Å². The predicted octanol–water partition coefficient (Wildman–Crippen LogP) is 1.68. The van der Waals surface area contributed by atoms with E-state index >= 15 is 0 Å². The van der Waals surface area contributed by atoms with Crippen LogP contribution in [0.5, 0.6) is 0 Å². The normalized spacial score (nSPS) is 10.5. The zero-order valence-corrected chi connectivity index (χ0v) is 12.0. The van der Waals surface area contributed by atoms with Gasteiger partial charge in [-0.05, 0) is 32.8 Å². The number of ether oxygens (including phenoxy) is 2. The van der Waals surface area contributed by atoms with Crippen LogP contribution in [0.1, 0.15) is 35.0 Å². The highest BCUT2D eigenvalue weighted by Crippen LogP contribution is 2.13. The Kier molecular flexibility index (Phi) is 5.76. The number of pyridine rings is 1. The number of esters is 1. The average molecular weight is 267 g/mol. The van der Waals surface area contributed by atoms with E-state index in [-0.39, 0.29) is 11.5 Å². The third-order valence-corrected chi connectivity index (χ3v) is 2.98. The molecular formula is C14H21NO4. The first-order valence-corrected chi connectivity index (χ1v) is 6.40. The molecule has 0 spiro atoms. The molecule has 1 rings (SSSR count). The van der Waals surface area contributed by atoms with Crippen LogP contribution >= 0.6 is 0 Å². The van der Waals surface area contributed by atoms with Gasteiger partial charge in [-0.2, -0.15) is 0 Å². The summed E-state index contributed by atoms with van der Waals surface area (Å²) in [6.45, 7) is 6.71. The minimum atomic E-state index is -0.377. The third kappa shape index (κ3) is 3.67. The van der Waals surface area contributed by atoms with Crippen molar-refractivity contribution in [2.24, 2.45) is 0 Å². The molecule has 0 saturated heterocycles. The van der Waals surface area contributed by atoms with E-state index in [0.29, 0.717) is 36.6 Å². The largest absolute Gasteiger partial charge is 0.462 e. The molecule has 0 saturated carbocycles. The van der Waals surface area contributed by atoms with Crippen molar-refractivity contribution in [3.63, 3.8) is 0 Å². The minimum absolute atomic E-state index is 0.0980. The van der Waals surface area contributed by atoms with Crippen LogP contribution in [0.4, 0.5) is 0 Å². The molecule has 1 aromatic heterocycles. The summed E-state index contributed by atoms with van der Waals surface area (Å²) in [4.78, 5) is 23.9. The molecule has 5 nitrogen and oxygen atoms in total. The first kappa shape index (κ1) is 15.4. The van der Waals surface area contributed by atoms with Crippen molar-refractivity contribution in [3.8, 4) is 0 Å². The van der Waals surface area contributed by atoms with E-state index in [1.165, 1.54) is 6.07 Å². The second-order valence-electron chi connectivity index (χ2n) is 4.34. The van der Waals surface area contributed by atoms with Gasteiger partial charge in [0.1, 0.15) is 0 Å². The molecule has 0 aromatic carbocycles. The highest BCUT2D eigenvalue weighted by molar-refractivity contribution is 5.92. The molecule has 19 heavy (non-hydrogen) atoms. The Balaban J connectivity index is 3.15. The van der Waals surface area contributed by atoms with Gasteiger partial charge in [0.05, 0.1) is 12.2 Å². The van der Waals surface area contributed by atoms with E-state index in [2.05, 4.69) is 0 Å². The summed E-state index contributed by atoms with van der Waals surface area (Å²) in [5, 5.41) is 0. The standard InChI is InChI=1S/C14H21NO4/c1-5-19-14(17)13-10(2)9-12(16)15(11(13)3)7-6-8-18-4/h9H,5-8H2,1-4H3. The average Bonchev–Trinajstić information content (AvgIpc) is 2.33. The molecule has 0 N–H and O–H groups in total. The lowest BCUT2D eigenvalue weighted by molar-refractivity contribution is 0.0523. The van der Waals surface area contributed by atoms with Crippen molar-refractivity contribution in [2.75, 3.05) is 20.3 Å². The van der Waals surface area contributed by atoms with Crippen LogP contribution in [0.2, 0.25) is 0 Å². The number of carbonyl (C=O) groups is 1. The van der Waals surface area contributed by atoms with Gasteiger partial charge < -0.3 is 14.0 Å². The number of nitrogens with zero attached hydrogens (tertiary/aromatic N) is 1. The topological polar surface area (TPSA) is 57.5 Å². The smallest absolute Gasteiger partial charge is 0.340 e. The maximum absolute atomic E-state index is 12.0. The summed E-state index contributed by atoms with van der Waals surface area (Å²) >= 11 is 0. The Morgan fingerprint density at radius 1 is 1.37 bits per heavy atom. The van der Waals surface area contributed by atoms with Crippen LogP contribution < -0.4 is 5.56 Å². The quantitative estimate of drug-likeness (QED) is 0.581. The Morgan fingerprint density at radius 2 is 2.05 bits per heavy atom.